The molecule has 0 aliphatic carbocycles. The third-order valence-corrected chi connectivity index (χ3v) is 3.84. The Bertz CT molecular complexity index is 520. The highest BCUT2D eigenvalue weighted by atomic mass is 16.4. The lowest BCUT2D eigenvalue weighted by Crippen LogP contribution is -2.40. The minimum absolute atomic E-state index is 0.0364. The minimum Gasteiger partial charge on any atom is -0.478 e. The summed E-state index contributed by atoms with van der Waals surface area (Å²) in [5.74, 6) is -0.796. The first-order chi connectivity index (χ1) is 9.52. The molecule has 0 aromatic heterocycles. The molecule has 0 atom stereocenters. The third-order valence-electron chi connectivity index (χ3n) is 3.84. The van der Waals surface area contributed by atoms with Gasteiger partial charge in [-0.15, -0.1) is 0 Å². The predicted molar refractivity (Wildman–Crippen MR) is 77.1 cm³/mol. The summed E-state index contributed by atoms with van der Waals surface area (Å²) in [6, 6.07) is 5.37. The second-order valence-electron chi connectivity index (χ2n) is 5.20. The molecule has 108 valence electrons. The van der Waals surface area contributed by atoms with E-state index in [4.69, 9.17) is 0 Å². The second kappa shape index (κ2) is 5.94. The van der Waals surface area contributed by atoms with Crippen LogP contribution in [0.5, 0.6) is 0 Å². The molecular formula is C15H20N2O3. The fourth-order valence-corrected chi connectivity index (χ4v) is 2.67. The molecule has 0 unspecified atom stereocenters. The lowest BCUT2D eigenvalue weighted by atomic mass is 9.95. The molecule has 20 heavy (non-hydrogen) atoms. The zero-order chi connectivity index (χ0) is 14.7. The topological polar surface area (TPSA) is 69.6 Å². The Labute approximate surface area is 118 Å². The molecule has 1 aliphatic heterocycles. The van der Waals surface area contributed by atoms with Crippen LogP contribution in [0.3, 0.4) is 0 Å². The monoisotopic (exact) mass is 276 g/mol. The number of anilines is 1. The maximum absolute atomic E-state index is 11.6. The summed E-state index contributed by atoms with van der Waals surface area (Å²) >= 11 is 0. The SMILES string of the molecule is CNC(=O)C1CCN(c2cc(C)ccc2C(=O)O)CC1. The summed E-state index contributed by atoms with van der Waals surface area (Å²) < 4.78 is 0. The number of hydrogen-bond donors (Lipinski definition) is 2. The highest BCUT2D eigenvalue weighted by molar-refractivity contribution is 5.94. The minimum atomic E-state index is -0.909. The Morgan fingerprint density at radius 3 is 2.50 bits per heavy atom. The van der Waals surface area contributed by atoms with Crippen LogP contribution in [0.25, 0.3) is 0 Å². The Kier molecular flexibility index (Phi) is 4.27. The molecule has 1 amide bonds. The molecule has 5 nitrogen and oxygen atoms in total. The van der Waals surface area contributed by atoms with Crippen molar-refractivity contribution in [3.05, 3.63) is 29.3 Å². The molecule has 0 bridgehead atoms. The van der Waals surface area contributed by atoms with Gasteiger partial charge >= 0.3 is 5.97 Å². The van der Waals surface area contributed by atoms with E-state index in [0.29, 0.717) is 18.7 Å². The van der Waals surface area contributed by atoms with Crippen LogP contribution in [0, 0.1) is 12.8 Å². The molecule has 2 N–H and O–H groups in total. The summed E-state index contributed by atoms with van der Waals surface area (Å²) in [6.07, 6.45) is 1.51. The summed E-state index contributed by atoms with van der Waals surface area (Å²) in [6.45, 7) is 3.37. The van der Waals surface area contributed by atoms with Gasteiger partial charge in [-0.2, -0.15) is 0 Å². The van der Waals surface area contributed by atoms with Crippen molar-refractivity contribution >= 4 is 17.6 Å². The van der Waals surface area contributed by atoms with Crippen LogP contribution >= 0.6 is 0 Å². The van der Waals surface area contributed by atoms with Gasteiger partial charge in [0.15, 0.2) is 0 Å². The molecule has 1 saturated heterocycles. The van der Waals surface area contributed by atoms with Crippen molar-refractivity contribution in [3.63, 3.8) is 0 Å². The van der Waals surface area contributed by atoms with Crippen LogP contribution in [-0.4, -0.2) is 37.1 Å². The smallest absolute Gasteiger partial charge is 0.337 e. The number of rotatable bonds is 3. The van der Waals surface area contributed by atoms with Gasteiger partial charge in [-0.25, -0.2) is 4.79 Å². The van der Waals surface area contributed by atoms with Gasteiger partial charge < -0.3 is 15.3 Å². The molecule has 1 fully saturated rings. The summed E-state index contributed by atoms with van der Waals surface area (Å²) in [5, 5.41) is 12.0. The predicted octanol–water partition coefficient (Wildman–Crippen LogP) is 1.66. The highest BCUT2D eigenvalue weighted by Gasteiger charge is 2.26. The van der Waals surface area contributed by atoms with Gasteiger partial charge in [0, 0.05) is 26.1 Å². The first-order valence-electron chi connectivity index (χ1n) is 6.83. The number of hydrogen-bond acceptors (Lipinski definition) is 3. The van der Waals surface area contributed by atoms with Crippen LogP contribution < -0.4 is 10.2 Å². The van der Waals surface area contributed by atoms with E-state index in [-0.39, 0.29) is 11.8 Å². The average Bonchev–Trinajstić information content (AvgIpc) is 2.46. The number of carboxylic acid groups (broad SMARTS) is 1. The summed E-state index contributed by atoms with van der Waals surface area (Å²) in [5.41, 5.74) is 2.13. The van der Waals surface area contributed by atoms with Crippen LogP contribution in [0.2, 0.25) is 0 Å². The van der Waals surface area contributed by atoms with Crippen molar-refractivity contribution in [1.29, 1.82) is 0 Å². The molecule has 0 radical (unpaired) electrons. The Balaban J connectivity index is 2.16. The van der Waals surface area contributed by atoms with Gasteiger partial charge in [-0.1, -0.05) is 6.07 Å². The normalized spacial score (nSPS) is 16.0. The lowest BCUT2D eigenvalue weighted by molar-refractivity contribution is -0.125. The molecule has 1 aromatic rings. The maximum atomic E-state index is 11.6. The maximum Gasteiger partial charge on any atom is 0.337 e. The summed E-state index contributed by atoms with van der Waals surface area (Å²) in [4.78, 5) is 25.0. The number of piperidine rings is 1. The van der Waals surface area contributed by atoms with E-state index in [9.17, 15) is 14.7 Å². The van der Waals surface area contributed by atoms with E-state index in [1.54, 1.807) is 13.1 Å². The number of amides is 1. The van der Waals surface area contributed by atoms with Crippen molar-refractivity contribution in [2.45, 2.75) is 19.8 Å². The zero-order valence-corrected chi connectivity index (χ0v) is 11.8. The molecule has 1 heterocycles. The van der Waals surface area contributed by atoms with Crippen molar-refractivity contribution in [2.75, 3.05) is 25.0 Å². The quantitative estimate of drug-likeness (QED) is 0.881. The molecule has 5 heteroatoms. The lowest BCUT2D eigenvalue weighted by Gasteiger charge is -2.33. The number of nitrogens with zero attached hydrogens (tertiary/aromatic N) is 1. The standard InChI is InChI=1S/C15H20N2O3/c1-10-3-4-12(15(19)20)13(9-10)17-7-5-11(6-8-17)14(18)16-2/h3-4,9,11H,5-8H2,1-2H3,(H,16,18)(H,19,20). The van der Waals surface area contributed by atoms with Gasteiger partial charge in [-0.3, -0.25) is 4.79 Å². The molecule has 1 aliphatic rings. The van der Waals surface area contributed by atoms with E-state index >= 15 is 0 Å². The highest BCUT2D eigenvalue weighted by Crippen LogP contribution is 2.27. The average molecular weight is 276 g/mol. The van der Waals surface area contributed by atoms with Gasteiger partial charge in [0.2, 0.25) is 5.91 Å². The van der Waals surface area contributed by atoms with E-state index in [1.807, 2.05) is 19.1 Å². The number of aryl methyl sites for hydroxylation is 1. The van der Waals surface area contributed by atoms with E-state index < -0.39 is 5.97 Å². The Morgan fingerprint density at radius 1 is 1.30 bits per heavy atom. The Hall–Kier alpha value is -2.04. The largest absolute Gasteiger partial charge is 0.478 e. The number of carbonyl (C=O) groups is 2. The van der Waals surface area contributed by atoms with Crippen molar-refractivity contribution in [3.8, 4) is 0 Å². The van der Waals surface area contributed by atoms with E-state index in [0.717, 1.165) is 24.1 Å². The Morgan fingerprint density at radius 2 is 1.95 bits per heavy atom. The zero-order valence-electron chi connectivity index (χ0n) is 11.8. The van der Waals surface area contributed by atoms with Crippen LogP contribution in [0.1, 0.15) is 28.8 Å². The molecule has 1 aromatic carbocycles. The van der Waals surface area contributed by atoms with E-state index in [2.05, 4.69) is 10.2 Å². The molecular weight excluding hydrogens is 256 g/mol. The second-order valence-corrected chi connectivity index (χ2v) is 5.20. The van der Waals surface area contributed by atoms with Gasteiger partial charge in [0.05, 0.1) is 11.3 Å². The number of nitrogens with one attached hydrogen (secondary N) is 1. The fourth-order valence-electron chi connectivity index (χ4n) is 2.67. The number of carbonyl (C=O) groups excluding carboxylic acids is 1. The van der Waals surface area contributed by atoms with Gasteiger partial charge in [0.25, 0.3) is 0 Å². The fraction of sp³-hybridized carbons (Fsp3) is 0.467. The van der Waals surface area contributed by atoms with E-state index in [1.165, 1.54) is 0 Å². The van der Waals surface area contributed by atoms with Crippen molar-refractivity contribution in [1.82, 2.24) is 5.32 Å². The summed E-state index contributed by atoms with van der Waals surface area (Å²) in [7, 11) is 1.65. The van der Waals surface area contributed by atoms with Crippen molar-refractivity contribution < 1.29 is 14.7 Å². The first-order valence-corrected chi connectivity index (χ1v) is 6.83. The number of carboxylic acids is 1. The molecule has 2 rings (SSSR count). The van der Waals surface area contributed by atoms with Gasteiger partial charge in [-0.05, 0) is 37.5 Å². The number of aromatic carboxylic acids is 1. The number of benzene rings is 1. The molecule has 0 spiro atoms. The van der Waals surface area contributed by atoms with Gasteiger partial charge in [0.1, 0.15) is 0 Å². The molecule has 0 saturated carbocycles. The van der Waals surface area contributed by atoms with Crippen LogP contribution in [0.4, 0.5) is 5.69 Å². The van der Waals surface area contributed by atoms with Crippen molar-refractivity contribution in [2.24, 2.45) is 5.92 Å². The first kappa shape index (κ1) is 14.4. The van der Waals surface area contributed by atoms with Crippen LogP contribution in [-0.2, 0) is 4.79 Å². The third kappa shape index (κ3) is 2.92. The van der Waals surface area contributed by atoms with Crippen LogP contribution in [0.15, 0.2) is 18.2 Å².